The van der Waals surface area contributed by atoms with Crippen molar-refractivity contribution in [2.75, 3.05) is 19.4 Å². The van der Waals surface area contributed by atoms with Gasteiger partial charge in [0, 0.05) is 43.5 Å². The van der Waals surface area contributed by atoms with Gasteiger partial charge in [-0.1, -0.05) is 0 Å². The molecule has 1 aliphatic heterocycles. The molecule has 8 heteroatoms. The molecule has 7 nitrogen and oxygen atoms in total. The van der Waals surface area contributed by atoms with E-state index < -0.39 is 5.82 Å². The van der Waals surface area contributed by atoms with E-state index in [0.717, 1.165) is 23.4 Å². The largest absolute Gasteiger partial charge is 0.479 e. The Morgan fingerprint density at radius 2 is 2.11 bits per heavy atom. The van der Waals surface area contributed by atoms with Gasteiger partial charge < -0.3 is 15.5 Å². The number of halogens is 1. The molecule has 0 amide bonds. The molecule has 144 valence electrons. The van der Waals surface area contributed by atoms with Crippen molar-refractivity contribution in [3.63, 3.8) is 0 Å². The van der Waals surface area contributed by atoms with Crippen LogP contribution in [-0.4, -0.2) is 33.5 Å². The SMILES string of the molecule is COc1ncc(CN2CCc3nc(-c4ccc(N)cc4)[nH]c(=O)c3C2)cc1F. The van der Waals surface area contributed by atoms with Crippen LogP contribution in [0.1, 0.15) is 16.8 Å². The summed E-state index contributed by atoms with van der Waals surface area (Å²) in [5.41, 5.74) is 9.21. The predicted molar refractivity (Wildman–Crippen MR) is 103 cm³/mol. The van der Waals surface area contributed by atoms with Gasteiger partial charge in [-0.3, -0.25) is 9.69 Å². The van der Waals surface area contributed by atoms with Crippen LogP contribution < -0.4 is 16.0 Å². The van der Waals surface area contributed by atoms with Gasteiger partial charge in [0.25, 0.3) is 5.56 Å². The van der Waals surface area contributed by atoms with Gasteiger partial charge in [-0.2, -0.15) is 0 Å². The molecule has 0 spiro atoms. The van der Waals surface area contributed by atoms with E-state index in [1.165, 1.54) is 13.2 Å². The molecule has 0 unspecified atom stereocenters. The van der Waals surface area contributed by atoms with Crippen molar-refractivity contribution in [3.05, 3.63) is 69.5 Å². The molecule has 0 bridgehead atoms. The maximum Gasteiger partial charge on any atom is 0.255 e. The number of pyridine rings is 1. The molecule has 0 atom stereocenters. The Morgan fingerprint density at radius 1 is 1.32 bits per heavy atom. The van der Waals surface area contributed by atoms with E-state index in [1.807, 2.05) is 12.1 Å². The highest BCUT2D eigenvalue weighted by molar-refractivity contribution is 5.58. The first kappa shape index (κ1) is 18.1. The number of rotatable bonds is 4. The maximum absolute atomic E-state index is 13.9. The Bertz CT molecular complexity index is 1070. The number of methoxy groups -OCH3 is 1. The summed E-state index contributed by atoms with van der Waals surface area (Å²) in [5, 5.41) is 0. The van der Waals surface area contributed by atoms with Gasteiger partial charge in [-0.15, -0.1) is 0 Å². The van der Waals surface area contributed by atoms with E-state index in [2.05, 4.69) is 19.9 Å². The average molecular weight is 381 g/mol. The molecular formula is C20H20FN5O2. The lowest BCUT2D eigenvalue weighted by molar-refractivity contribution is 0.241. The summed E-state index contributed by atoms with van der Waals surface area (Å²) >= 11 is 0. The van der Waals surface area contributed by atoms with Crippen molar-refractivity contribution in [1.29, 1.82) is 0 Å². The number of benzene rings is 1. The monoisotopic (exact) mass is 381 g/mol. The molecule has 0 saturated carbocycles. The van der Waals surface area contributed by atoms with Crippen LogP contribution in [0.2, 0.25) is 0 Å². The van der Waals surface area contributed by atoms with Gasteiger partial charge in [0.15, 0.2) is 5.82 Å². The summed E-state index contributed by atoms with van der Waals surface area (Å²) in [5.74, 6) is 0.0206. The van der Waals surface area contributed by atoms with Crippen LogP contribution in [0.4, 0.5) is 10.1 Å². The minimum absolute atomic E-state index is 0.0245. The van der Waals surface area contributed by atoms with Gasteiger partial charge >= 0.3 is 0 Å². The summed E-state index contributed by atoms with van der Waals surface area (Å²) in [4.78, 5) is 26.2. The zero-order valence-corrected chi connectivity index (χ0v) is 15.4. The Hall–Kier alpha value is -3.26. The zero-order valence-electron chi connectivity index (χ0n) is 15.4. The van der Waals surface area contributed by atoms with Gasteiger partial charge in [0.05, 0.1) is 18.4 Å². The first-order chi connectivity index (χ1) is 13.5. The molecule has 0 aliphatic carbocycles. The van der Waals surface area contributed by atoms with E-state index in [4.69, 9.17) is 10.5 Å². The molecule has 1 aliphatic rings. The smallest absolute Gasteiger partial charge is 0.255 e. The van der Waals surface area contributed by atoms with Crippen molar-refractivity contribution in [2.24, 2.45) is 0 Å². The number of anilines is 1. The van der Waals surface area contributed by atoms with Gasteiger partial charge in [-0.05, 0) is 35.9 Å². The number of fused-ring (bicyclic) bond motifs is 1. The third-order valence-corrected chi connectivity index (χ3v) is 4.80. The quantitative estimate of drug-likeness (QED) is 0.672. The Kier molecular flexibility index (Phi) is 4.79. The number of hydrogen-bond donors (Lipinski definition) is 2. The number of aromatic amines is 1. The van der Waals surface area contributed by atoms with Crippen molar-refractivity contribution in [2.45, 2.75) is 19.5 Å². The number of hydrogen-bond acceptors (Lipinski definition) is 6. The number of aromatic nitrogens is 3. The summed E-state index contributed by atoms with van der Waals surface area (Å²) < 4.78 is 18.7. The number of nitrogens with one attached hydrogen (secondary N) is 1. The standard InChI is InChI=1S/C20H20FN5O2/c1-28-20-16(21)8-12(9-23-20)10-26-7-6-17-15(11-26)19(27)25-18(24-17)13-2-4-14(22)5-3-13/h2-5,8-9H,6-7,10-11,22H2,1H3,(H,24,25,27). The first-order valence-electron chi connectivity index (χ1n) is 8.92. The van der Waals surface area contributed by atoms with Crippen LogP contribution in [0.25, 0.3) is 11.4 Å². The summed E-state index contributed by atoms with van der Waals surface area (Å²) in [6.45, 7) is 1.66. The van der Waals surface area contributed by atoms with Crippen LogP contribution in [-0.2, 0) is 19.5 Å². The van der Waals surface area contributed by atoms with Crippen LogP contribution >= 0.6 is 0 Å². The number of ether oxygens (including phenoxy) is 1. The van der Waals surface area contributed by atoms with Crippen molar-refractivity contribution >= 4 is 5.69 Å². The lowest BCUT2D eigenvalue weighted by atomic mass is 10.1. The summed E-state index contributed by atoms with van der Waals surface area (Å²) in [6, 6.07) is 8.63. The Balaban J connectivity index is 1.55. The average Bonchev–Trinajstić information content (AvgIpc) is 2.69. The molecular weight excluding hydrogens is 361 g/mol. The number of nitrogens with zero attached hydrogens (tertiary/aromatic N) is 3. The van der Waals surface area contributed by atoms with Crippen LogP contribution in [0.5, 0.6) is 5.88 Å². The summed E-state index contributed by atoms with van der Waals surface area (Å²) in [7, 11) is 1.38. The third kappa shape index (κ3) is 3.59. The second-order valence-electron chi connectivity index (χ2n) is 6.76. The van der Waals surface area contributed by atoms with Crippen LogP contribution in [0, 0.1) is 5.82 Å². The number of nitrogens with two attached hydrogens (primary N) is 1. The molecule has 3 heterocycles. The molecule has 0 saturated heterocycles. The topological polar surface area (TPSA) is 97.1 Å². The van der Waals surface area contributed by atoms with E-state index in [1.54, 1.807) is 18.3 Å². The zero-order chi connectivity index (χ0) is 19.7. The Labute approximate surface area is 161 Å². The third-order valence-electron chi connectivity index (χ3n) is 4.80. The fraction of sp³-hybridized carbons (Fsp3) is 0.250. The van der Waals surface area contributed by atoms with Crippen LogP contribution in [0.15, 0.2) is 41.3 Å². The second kappa shape index (κ2) is 7.40. The normalized spacial score (nSPS) is 13.9. The molecule has 28 heavy (non-hydrogen) atoms. The molecule has 2 aromatic heterocycles. The van der Waals surface area contributed by atoms with E-state index >= 15 is 0 Å². The van der Waals surface area contributed by atoms with E-state index in [9.17, 15) is 9.18 Å². The van der Waals surface area contributed by atoms with Gasteiger partial charge in [0.1, 0.15) is 5.82 Å². The lowest BCUT2D eigenvalue weighted by Gasteiger charge is -2.27. The second-order valence-corrected chi connectivity index (χ2v) is 6.76. The highest BCUT2D eigenvalue weighted by atomic mass is 19.1. The fourth-order valence-corrected chi connectivity index (χ4v) is 3.35. The predicted octanol–water partition coefficient (Wildman–Crippen LogP) is 2.12. The van der Waals surface area contributed by atoms with Crippen molar-refractivity contribution in [3.8, 4) is 17.3 Å². The first-order valence-corrected chi connectivity index (χ1v) is 8.92. The molecule has 3 N–H and O–H groups in total. The highest BCUT2D eigenvalue weighted by Crippen LogP contribution is 2.21. The summed E-state index contributed by atoms with van der Waals surface area (Å²) in [6.07, 6.45) is 2.23. The highest BCUT2D eigenvalue weighted by Gasteiger charge is 2.22. The molecule has 4 rings (SSSR count). The molecule has 1 aromatic carbocycles. The lowest BCUT2D eigenvalue weighted by Crippen LogP contribution is -2.35. The molecule has 0 fully saturated rings. The number of nitrogen functional groups attached to an aromatic ring is 1. The van der Waals surface area contributed by atoms with E-state index in [-0.39, 0.29) is 11.4 Å². The van der Waals surface area contributed by atoms with Gasteiger partial charge in [-0.25, -0.2) is 14.4 Å². The minimum atomic E-state index is -0.495. The number of H-pyrrole nitrogens is 1. The van der Waals surface area contributed by atoms with E-state index in [0.29, 0.717) is 36.6 Å². The van der Waals surface area contributed by atoms with Crippen LogP contribution in [0.3, 0.4) is 0 Å². The minimum Gasteiger partial charge on any atom is -0.479 e. The maximum atomic E-state index is 13.9. The fourth-order valence-electron chi connectivity index (χ4n) is 3.35. The van der Waals surface area contributed by atoms with Crippen molar-refractivity contribution < 1.29 is 9.13 Å². The molecule has 3 aromatic rings. The molecule has 0 radical (unpaired) electrons. The Morgan fingerprint density at radius 3 is 2.82 bits per heavy atom. The van der Waals surface area contributed by atoms with Gasteiger partial charge in [0.2, 0.25) is 5.88 Å². The van der Waals surface area contributed by atoms with Crippen molar-refractivity contribution in [1.82, 2.24) is 19.9 Å².